The third kappa shape index (κ3) is 2.11. The third-order valence-electron chi connectivity index (χ3n) is 3.05. The minimum Gasteiger partial charge on any atom is -0.480 e. The van der Waals surface area contributed by atoms with Gasteiger partial charge in [0.2, 0.25) is 0 Å². The van der Waals surface area contributed by atoms with Gasteiger partial charge in [0.1, 0.15) is 5.92 Å². The average Bonchev–Trinajstić information content (AvgIpc) is 2.84. The smallest absolute Gasteiger partial charge is 0.317 e. The number of hydrogen-bond donors (Lipinski definition) is 1. The Balaban J connectivity index is 2.18. The largest absolute Gasteiger partial charge is 0.480 e. The molecule has 0 aliphatic heterocycles. The van der Waals surface area contributed by atoms with Crippen molar-refractivity contribution in [2.75, 3.05) is 0 Å². The fourth-order valence-corrected chi connectivity index (χ4v) is 3.17. The van der Waals surface area contributed by atoms with E-state index in [2.05, 4.69) is 4.98 Å². The van der Waals surface area contributed by atoms with Crippen molar-refractivity contribution >= 4 is 27.4 Å². The molecule has 0 radical (unpaired) electrons. The molecule has 0 aliphatic rings. The van der Waals surface area contributed by atoms with Gasteiger partial charge in [0.15, 0.2) is 0 Å². The SMILES string of the molecule is O=C(O)C(c1ccccn1)c1csc2ccccc12. The highest BCUT2D eigenvalue weighted by Gasteiger charge is 2.25. The van der Waals surface area contributed by atoms with Gasteiger partial charge in [0, 0.05) is 10.9 Å². The Morgan fingerprint density at radius 2 is 1.95 bits per heavy atom. The molecule has 1 unspecified atom stereocenters. The van der Waals surface area contributed by atoms with Crippen LogP contribution in [0.25, 0.3) is 10.1 Å². The van der Waals surface area contributed by atoms with E-state index >= 15 is 0 Å². The second-order valence-electron chi connectivity index (χ2n) is 4.21. The van der Waals surface area contributed by atoms with Gasteiger partial charge in [0.25, 0.3) is 0 Å². The molecule has 0 bridgehead atoms. The van der Waals surface area contributed by atoms with E-state index in [1.54, 1.807) is 29.7 Å². The van der Waals surface area contributed by atoms with Crippen molar-refractivity contribution in [2.24, 2.45) is 0 Å². The quantitative estimate of drug-likeness (QED) is 0.791. The van der Waals surface area contributed by atoms with Gasteiger partial charge in [-0.25, -0.2) is 0 Å². The highest BCUT2D eigenvalue weighted by Crippen LogP contribution is 2.34. The monoisotopic (exact) mass is 269 g/mol. The van der Waals surface area contributed by atoms with E-state index < -0.39 is 11.9 Å². The fraction of sp³-hybridized carbons (Fsp3) is 0.0667. The Hall–Kier alpha value is -2.20. The van der Waals surface area contributed by atoms with Crippen molar-refractivity contribution in [1.29, 1.82) is 0 Å². The van der Waals surface area contributed by atoms with Crippen LogP contribution in [0, 0.1) is 0 Å². The lowest BCUT2D eigenvalue weighted by Crippen LogP contribution is -2.13. The molecule has 94 valence electrons. The number of carboxylic acid groups (broad SMARTS) is 1. The number of rotatable bonds is 3. The van der Waals surface area contributed by atoms with Crippen LogP contribution in [-0.4, -0.2) is 16.1 Å². The number of carboxylic acids is 1. The number of pyridine rings is 1. The number of carbonyl (C=O) groups is 1. The molecule has 3 rings (SSSR count). The van der Waals surface area contributed by atoms with Crippen LogP contribution in [-0.2, 0) is 4.79 Å². The summed E-state index contributed by atoms with van der Waals surface area (Å²) in [5.74, 6) is -1.58. The summed E-state index contributed by atoms with van der Waals surface area (Å²) in [6, 6.07) is 13.2. The lowest BCUT2D eigenvalue weighted by molar-refractivity contribution is -0.137. The van der Waals surface area contributed by atoms with Crippen LogP contribution in [0.3, 0.4) is 0 Å². The molecule has 19 heavy (non-hydrogen) atoms. The summed E-state index contributed by atoms with van der Waals surface area (Å²) < 4.78 is 1.10. The molecule has 3 nitrogen and oxygen atoms in total. The first kappa shape index (κ1) is 11.9. The number of aliphatic carboxylic acids is 1. The van der Waals surface area contributed by atoms with Crippen molar-refractivity contribution in [1.82, 2.24) is 4.98 Å². The molecule has 0 spiro atoms. The van der Waals surface area contributed by atoms with Gasteiger partial charge in [-0.1, -0.05) is 24.3 Å². The predicted octanol–water partition coefficient (Wildman–Crippen LogP) is 3.51. The number of hydrogen-bond acceptors (Lipinski definition) is 3. The maximum absolute atomic E-state index is 11.6. The van der Waals surface area contributed by atoms with Gasteiger partial charge in [0.05, 0.1) is 5.69 Å². The summed E-state index contributed by atoms with van der Waals surface area (Å²) in [5.41, 5.74) is 1.38. The Bertz CT molecular complexity index is 721. The fourth-order valence-electron chi connectivity index (χ4n) is 2.19. The summed E-state index contributed by atoms with van der Waals surface area (Å²) in [6.45, 7) is 0. The maximum Gasteiger partial charge on any atom is 0.317 e. The van der Waals surface area contributed by atoms with E-state index in [-0.39, 0.29) is 0 Å². The second-order valence-corrected chi connectivity index (χ2v) is 5.12. The minimum atomic E-state index is -0.873. The molecular weight excluding hydrogens is 258 g/mol. The molecule has 0 saturated heterocycles. The Labute approximate surface area is 114 Å². The molecule has 4 heteroatoms. The maximum atomic E-state index is 11.6. The molecular formula is C15H11NO2S. The van der Waals surface area contributed by atoms with Crippen molar-refractivity contribution in [3.05, 3.63) is 65.3 Å². The third-order valence-corrected chi connectivity index (χ3v) is 4.03. The number of thiophene rings is 1. The van der Waals surface area contributed by atoms with Crippen LogP contribution in [0.1, 0.15) is 17.2 Å². The standard InChI is InChI=1S/C15H11NO2S/c17-15(18)14(12-6-3-4-8-16-12)11-9-19-13-7-2-1-5-10(11)13/h1-9,14H,(H,17,18). The van der Waals surface area contributed by atoms with E-state index in [1.165, 1.54) is 0 Å². The van der Waals surface area contributed by atoms with Crippen LogP contribution >= 0.6 is 11.3 Å². The van der Waals surface area contributed by atoms with Gasteiger partial charge < -0.3 is 5.11 Å². The highest BCUT2D eigenvalue weighted by molar-refractivity contribution is 7.17. The summed E-state index contributed by atoms with van der Waals surface area (Å²) >= 11 is 1.56. The van der Waals surface area contributed by atoms with Crippen LogP contribution in [0.4, 0.5) is 0 Å². The molecule has 2 aromatic heterocycles. The minimum absolute atomic E-state index is 0.568. The molecule has 0 aliphatic carbocycles. The summed E-state index contributed by atoms with van der Waals surface area (Å²) in [6.07, 6.45) is 1.62. The normalized spacial score (nSPS) is 12.4. The zero-order valence-electron chi connectivity index (χ0n) is 9.98. The first-order valence-corrected chi connectivity index (χ1v) is 6.75. The summed E-state index contributed by atoms with van der Waals surface area (Å²) in [5, 5.41) is 12.4. The number of benzene rings is 1. The number of nitrogens with zero attached hydrogens (tertiary/aromatic N) is 1. The molecule has 1 atom stereocenters. The summed E-state index contributed by atoms with van der Waals surface area (Å²) in [7, 11) is 0. The van der Waals surface area contributed by atoms with E-state index in [1.807, 2.05) is 35.7 Å². The van der Waals surface area contributed by atoms with Gasteiger partial charge in [-0.15, -0.1) is 11.3 Å². The van der Waals surface area contributed by atoms with Crippen LogP contribution in [0.2, 0.25) is 0 Å². The Morgan fingerprint density at radius 3 is 2.68 bits per heavy atom. The van der Waals surface area contributed by atoms with E-state index in [9.17, 15) is 9.90 Å². The van der Waals surface area contributed by atoms with Crippen molar-refractivity contribution in [2.45, 2.75) is 5.92 Å². The van der Waals surface area contributed by atoms with Gasteiger partial charge in [-0.3, -0.25) is 9.78 Å². The molecule has 1 N–H and O–H groups in total. The van der Waals surface area contributed by atoms with Crippen molar-refractivity contribution in [3.63, 3.8) is 0 Å². The molecule has 3 aromatic rings. The molecule has 0 fully saturated rings. The first-order valence-electron chi connectivity index (χ1n) is 5.87. The van der Waals surface area contributed by atoms with E-state index in [0.29, 0.717) is 5.69 Å². The molecule has 2 heterocycles. The zero-order valence-corrected chi connectivity index (χ0v) is 10.8. The van der Waals surface area contributed by atoms with Crippen molar-refractivity contribution < 1.29 is 9.90 Å². The Morgan fingerprint density at radius 1 is 1.16 bits per heavy atom. The number of aromatic nitrogens is 1. The zero-order chi connectivity index (χ0) is 13.2. The van der Waals surface area contributed by atoms with Gasteiger partial charge in [-0.05, 0) is 34.5 Å². The Kier molecular flexibility index (Phi) is 3.01. The second kappa shape index (κ2) is 4.82. The highest BCUT2D eigenvalue weighted by atomic mass is 32.1. The van der Waals surface area contributed by atoms with Crippen molar-refractivity contribution in [3.8, 4) is 0 Å². The summed E-state index contributed by atoms with van der Waals surface area (Å²) in [4.78, 5) is 15.8. The molecule has 0 amide bonds. The lowest BCUT2D eigenvalue weighted by Gasteiger charge is -2.11. The van der Waals surface area contributed by atoms with E-state index in [4.69, 9.17) is 0 Å². The van der Waals surface area contributed by atoms with Gasteiger partial charge in [-0.2, -0.15) is 0 Å². The lowest BCUT2D eigenvalue weighted by atomic mass is 9.95. The predicted molar refractivity (Wildman–Crippen MR) is 75.5 cm³/mol. The van der Waals surface area contributed by atoms with Crippen LogP contribution in [0.5, 0.6) is 0 Å². The van der Waals surface area contributed by atoms with Crippen LogP contribution in [0.15, 0.2) is 54.0 Å². The average molecular weight is 269 g/mol. The van der Waals surface area contributed by atoms with Crippen LogP contribution < -0.4 is 0 Å². The molecule has 0 saturated carbocycles. The number of fused-ring (bicyclic) bond motifs is 1. The topological polar surface area (TPSA) is 50.2 Å². The van der Waals surface area contributed by atoms with Gasteiger partial charge >= 0.3 is 5.97 Å². The van der Waals surface area contributed by atoms with E-state index in [0.717, 1.165) is 15.6 Å². The molecule has 1 aromatic carbocycles. The first-order chi connectivity index (χ1) is 9.27.